The van der Waals surface area contributed by atoms with Crippen molar-refractivity contribution in [1.82, 2.24) is 14.9 Å². The van der Waals surface area contributed by atoms with Crippen LogP contribution in [-0.2, 0) is 15.9 Å². The number of nitrogens with one attached hydrogen (secondary N) is 1. The van der Waals surface area contributed by atoms with E-state index in [4.69, 9.17) is 14.2 Å². The summed E-state index contributed by atoms with van der Waals surface area (Å²) in [4.78, 5) is 22.9. The van der Waals surface area contributed by atoms with Crippen LogP contribution in [0.3, 0.4) is 0 Å². The van der Waals surface area contributed by atoms with E-state index in [1.807, 2.05) is 61.1 Å². The number of nitrogens with zero attached hydrogens (tertiary/aromatic N) is 2. The van der Waals surface area contributed by atoms with Gasteiger partial charge in [0.25, 0.3) is 0 Å². The smallest absolute Gasteiger partial charge is 0.338 e. The first-order valence-corrected chi connectivity index (χ1v) is 11.8. The first-order chi connectivity index (χ1) is 17.2. The molecule has 35 heavy (non-hydrogen) atoms. The van der Waals surface area contributed by atoms with Gasteiger partial charge in [-0.2, -0.15) is 0 Å². The molecule has 1 aliphatic rings. The number of morpholine rings is 1. The van der Waals surface area contributed by atoms with Crippen LogP contribution in [0.1, 0.15) is 27.5 Å². The molecule has 1 N–H and O–H groups in total. The van der Waals surface area contributed by atoms with E-state index < -0.39 is 0 Å². The Balaban J connectivity index is 1.54. The third-order valence-electron chi connectivity index (χ3n) is 6.66. The quantitative estimate of drug-likeness (QED) is 0.396. The molecule has 2 aromatic carbocycles. The van der Waals surface area contributed by atoms with E-state index in [2.05, 4.69) is 20.9 Å². The maximum Gasteiger partial charge on any atom is 0.338 e. The number of rotatable bonds is 7. The number of hydrogen-bond donors (Lipinski definition) is 1. The van der Waals surface area contributed by atoms with E-state index >= 15 is 0 Å². The molecule has 1 fully saturated rings. The molecule has 0 bridgehead atoms. The third-order valence-corrected chi connectivity index (χ3v) is 6.66. The van der Waals surface area contributed by atoms with E-state index in [0.717, 1.165) is 58.4 Å². The van der Waals surface area contributed by atoms with Gasteiger partial charge in [-0.3, -0.25) is 9.88 Å². The molecule has 7 heteroatoms. The SMILES string of the molecule is COC(=O)c1cccc2[nH]cc(CC(c3cncc(-c4ccc(OC)cc4)c3)N3CCOCC3)c12. The number of aromatic nitrogens is 2. The van der Waals surface area contributed by atoms with Crippen LogP contribution in [0, 0.1) is 0 Å². The highest BCUT2D eigenvalue weighted by molar-refractivity contribution is 6.05. The van der Waals surface area contributed by atoms with Crippen molar-refractivity contribution in [3.63, 3.8) is 0 Å². The number of methoxy groups -OCH3 is 2. The Morgan fingerprint density at radius 3 is 2.63 bits per heavy atom. The molecule has 0 spiro atoms. The monoisotopic (exact) mass is 471 g/mol. The van der Waals surface area contributed by atoms with E-state index in [-0.39, 0.29) is 12.0 Å². The second-order valence-corrected chi connectivity index (χ2v) is 8.64. The number of hydrogen-bond acceptors (Lipinski definition) is 6. The van der Waals surface area contributed by atoms with E-state index in [9.17, 15) is 4.79 Å². The van der Waals surface area contributed by atoms with Crippen molar-refractivity contribution in [2.45, 2.75) is 12.5 Å². The first-order valence-electron chi connectivity index (χ1n) is 11.8. The van der Waals surface area contributed by atoms with E-state index in [1.165, 1.54) is 7.11 Å². The van der Waals surface area contributed by atoms with Crippen molar-refractivity contribution >= 4 is 16.9 Å². The number of ether oxygens (including phenoxy) is 3. The van der Waals surface area contributed by atoms with Gasteiger partial charge in [0.2, 0.25) is 0 Å². The summed E-state index contributed by atoms with van der Waals surface area (Å²) in [5, 5.41) is 0.914. The normalized spacial score (nSPS) is 15.1. The number of esters is 1. The lowest BCUT2D eigenvalue weighted by atomic mass is 9.94. The Morgan fingerprint density at radius 1 is 1.09 bits per heavy atom. The molecular formula is C28H29N3O4. The van der Waals surface area contributed by atoms with Gasteiger partial charge < -0.3 is 19.2 Å². The zero-order valence-electron chi connectivity index (χ0n) is 20.0. The van der Waals surface area contributed by atoms with Gasteiger partial charge in [-0.15, -0.1) is 0 Å². The third kappa shape index (κ3) is 4.78. The maximum atomic E-state index is 12.5. The zero-order valence-corrected chi connectivity index (χ0v) is 20.0. The highest BCUT2D eigenvalue weighted by Gasteiger charge is 2.26. The van der Waals surface area contributed by atoms with Gasteiger partial charge in [-0.25, -0.2) is 4.79 Å². The molecule has 0 saturated carbocycles. The average Bonchev–Trinajstić information content (AvgIpc) is 3.35. The summed E-state index contributed by atoms with van der Waals surface area (Å²) >= 11 is 0. The van der Waals surface area contributed by atoms with Gasteiger partial charge in [0.05, 0.1) is 33.0 Å². The van der Waals surface area contributed by atoms with Crippen LogP contribution in [0.25, 0.3) is 22.0 Å². The molecule has 4 aromatic rings. The number of carbonyl (C=O) groups is 1. The predicted octanol–water partition coefficient (Wildman–Crippen LogP) is 4.64. The standard InChI is InChI=1S/C28H29N3O4/c1-33-23-8-6-19(7-9-23)20-14-21(17-29-16-20)26(31-10-12-35-13-11-31)15-22-18-30-25-5-3-4-24(27(22)25)28(32)34-2/h3-9,14,16-18,26,30H,10-13,15H2,1-2H3. The van der Waals surface area contributed by atoms with Crippen molar-refractivity contribution in [3.8, 4) is 16.9 Å². The first kappa shape index (κ1) is 23.1. The number of pyridine rings is 1. The van der Waals surface area contributed by atoms with Crippen LogP contribution in [0.2, 0.25) is 0 Å². The molecule has 2 aromatic heterocycles. The molecule has 1 saturated heterocycles. The van der Waals surface area contributed by atoms with E-state index in [1.54, 1.807) is 7.11 Å². The molecule has 0 radical (unpaired) electrons. The van der Waals surface area contributed by atoms with Gasteiger partial charge in [-0.05, 0) is 53.4 Å². The Morgan fingerprint density at radius 2 is 1.89 bits per heavy atom. The summed E-state index contributed by atoms with van der Waals surface area (Å²) < 4.78 is 16.0. The molecule has 180 valence electrons. The van der Waals surface area contributed by atoms with Crippen LogP contribution in [0.5, 0.6) is 5.75 Å². The van der Waals surface area contributed by atoms with Crippen LogP contribution < -0.4 is 4.74 Å². The van der Waals surface area contributed by atoms with Gasteiger partial charge in [-0.1, -0.05) is 18.2 Å². The second-order valence-electron chi connectivity index (χ2n) is 8.64. The van der Waals surface area contributed by atoms with Crippen LogP contribution in [-0.4, -0.2) is 61.4 Å². The van der Waals surface area contributed by atoms with Crippen molar-refractivity contribution < 1.29 is 19.0 Å². The van der Waals surface area contributed by atoms with Crippen LogP contribution in [0.4, 0.5) is 0 Å². The summed E-state index contributed by atoms with van der Waals surface area (Å²) in [6, 6.07) is 16.0. The minimum Gasteiger partial charge on any atom is -0.497 e. The predicted molar refractivity (Wildman–Crippen MR) is 135 cm³/mol. The minimum absolute atomic E-state index is 0.0781. The number of H-pyrrole nitrogens is 1. The van der Waals surface area contributed by atoms with Crippen molar-refractivity contribution in [1.29, 1.82) is 0 Å². The number of fused-ring (bicyclic) bond motifs is 1. The summed E-state index contributed by atoms with van der Waals surface area (Å²) in [6.07, 6.45) is 6.57. The van der Waals surface area contributed by atoms with Gasteiger partial charge in [0, 0.05) is 54.2 Å². The van der Waals surface area contributed by atoms with Crippen LogP contribution in [0.15, 0.2) is 67.1 Å². The Bertz CT molecular complexity index is 1310. The minimum atomic E-state index is -0.331. The molecule has 1 atom stereocenters. The Hall–Kier alpha value is -3.68. The number of carbonyl (C=O) groups excluding carboxylic acids is 1. The lowest BCUT2D eigenvalue weighted by Gasteiger charge is -2.35. The molecule has 7 nitrogen and oxygen atoms in total. The van der Waals surface area contributed by atoms with Gasteiger partial charge >= 0.3 is 5.97 Å². The maximum absolute atomic E-state index is 12.5. The molecule has 1 aliphatic heterocycles. The Labute approximate surface area is 204 Å². The number of benzene rings is 2. The van der Waals surface area contributed by atoms with Crippen LogP contribution >= 0.6 is 0 Å². The molecular weight excluding hydrogens is 442 g/mol. The van der Waals surface area contributed by atoms with E-state index in [0.29, 0.717) is 18.8 Å². The average molecular weight is 472 g/mol. The number of aromatic amines is 1. The molecule has 0 amide bonds. The second kappa shape index (κ2) is 10.3. The fourth-order valence-corrected chi connectivity index (χ4v) is 4.83. The van der Waals surface area contributed by atoms with Crippen molar-refractivity contribution in [2.24, 2.45) is 0 Å². The molecule has 0 aliphatic carbocycles. The highest BCUT2D eigenvalue weighted by atomic mass is 16.5. The fourth-order valence-electron chi connectivity index (χ4n) is 4.83. The topological polar surface area (TPSA) is 76.7 Å². The lowest BCUT2D eigenvalue weighted by molar-refractivity contribution is 0.0161. The summed E-state index contributed by atoms with van der Waals surface area (Å²) in [6.45, 7) is 3.07. The summed E-state index contributed by atoms with van der Waals surface area (Å²) in [5.41, 5.74) is 5.84. The molecule has 3 heterocycles. The van der Waals surface area contributed by atoms with Gasteiger partial charge in [0.15, 0.2) is 0 Å². The van der Waals surface area contributed by atoms with Gasteiger partial charge in [0.1, 0.15) is 5.75 Å². The summed E-state index contributed by atoms with van der Waals surface area (Å²) in [7, 11) is 3.08. The summed E-state index contributed by atoms with van der Waals surface area (Å²) in [5.74, 6) is 0.493. The molecule has 1 unspecified atom stereocenters. The fraction of sp³-hybridized carbons (Fsp3) is 0.286. The Kier molecular flexibility index (Phi) is 6.79. The molecule has 5 rings (SSSR count). The van der Waals surface area contributed by atoms with Crippen molar-refractivity contribution in [2.75, 3.05) is 40.5 Å². The van der Waals surface area contributed by atoms with Crippen molar-refractivity contribution in [3.05, 3.63) is 83.8 Å². The largest absolute Gasteiger partial charge is 0.497 e. The lowest BCUT2D eigenvalue weighted by Crippen LogP contribution is -2.40. The zero-order chi connectivity index (χ0) is 24.2. The highest BCUT2D eigenvalue weighted by Crippen LogP contribution is 2.33.